The lowest BCUT2D eigenvalue weighted by atomic mass is 9.83. The Balaban J connectivity index is 1.42. The molecule has 3 aliphatic heterocycles. The third-order valence-corrected chi connectivity index (χ3v) is 5.51. The highest BCUT2D eigenvalue weighted by atomic mass is 35.5. The van der Waals surface area contributed by atoms with E-state index in [1.807, 2.05) is 17.0 Å². The van der Waals surface area contributed by atoms with Crippen molar-refractivity contribution < 1.29 is 9.53 Å². The summed E-state index contributed by atoms with van der Waals surface area (Å²) in [6, 6.07) is 7.87. The van der Waals surface area contributed by atoms with Crippen LogP contribution in [0.15, 0.2) is 35.9 Å². The van der Waals surface area contributed by atoms with Crippen molar-refractivity contribution in [1.29, 1.82) is 0 Å². The molecule has 2 fully saturated rings. The molecule has 7 heteroatoms. The number of likely N-dealkylation sites (tertiary alicyclic amines) is 1. The van der Waals surface area contributed by atoms with Crippen molar-refractivity contribution in [2.24, 2.45) is 5.92 Å². The summed E-state index contributed by atoms with van der Waals surface area (Å²) in [5.41, 5.74) is 8.97. The monoisotopic (exact) mass is 362 g/mol. The molecule has 0 bridgehead atoms. The zero-order valence-electron chi connectivity index (χ0n) is 14.0. The number of nitrogens with zero attached hydrogens (tertiary/aromatic N) is 1. The third-order valence-electron chi connectivity index (χ3n) is 5.27. The van der Waals surface area contributed by atoms with Crippen LogP contribution >= 0.6 is 11.6 Å². The summed E-state index contributed by atoms with van der Waals surface area (Å²) in [5, 5.41) is 3.57. The molecule has 0 spiro atoms. The molecular weight excluding hydrogens is 340 g/mol. The highest BCUT2D eigenvalue weighted by Gasteiger charge is 2.42. The molecule has 3 unspecified atom stereocenters. The summed E-state index contributed by atoms with van der Waals surface area (Å²) < 4.78 is 5.42. The average Bonchev–Trinajstić information content (AvgIpc) is 3.05. The highest BCUT2D eigenvalue weighted by molar-refractivity contribution is 6.30. The van der Waals surface area contributed by atoms with E-state index in [1.54, 1.807) is 12.1 Å². The molecule has 2 saturated heterocycles. The molecule has 134 valence electrons. The fourth-order valence-corrected chi connectivity index (χ4v) is 4.14. The Morgan fingerprint density at radius 3 is 3.08 bits per heavy atom. The van der Waals surface area contributed by atoms with Gasteiger partial charge in [-0.3, -0.25) is 5.43 Å². The number of piperidine rings is 1. The largest absolute Gasteiger partial charge is 0.377 e. The Morgan fingerprint density at radius 1 is 1.36 bits per heavy atom. The summed E-state index contributed by atoms with van der Waals surface area (Å²) in [5.74, 6) is 0.378. The molecule has 3 heterocycles. The SMILES string of the molecule is O=C(Nc1cccc(Cl)c1)N1CCC2NNC(C3=CCOCC3)C2C1. The van der Waals surface area contributed by atoms with E-state index in [0.29, 0.717) is 23.6 Å². The number of urea groups is 1. The number of nitrogens with one attached hydrogen (secondary N) is 3. The van der Waals surface area contributed by atoms with Crippen LogP contribution in [0.25, 0.3) is 0 Å². The number of amides is 2. The summed E-state index contributed by atoms with van der Waals surface area (Å²) in [6.07, 6.45) is 4.08. The second-order valence-corrected chi connectivity index (χ2v) is 7.25. The van der Waals surface area contributed by atoms with Crippen molar-refractivity contribution in [2.45, 2.75) is 24.9 Å². The van der Waals surface area contributed by atoms with Gasteiger partial charge in [-0.1, -0.05) is 29.3 Å². The number of carbonyl (C=O) groups is 1. The van der Waals surface area contributed by atoms with Gasteiger partial charge in [-0.15, -0.1) is 0 Å². The predicted molar refractivity (Wildman–Crippen MR) is 97.5 cm³/mol. The molecule has 3 aliphatic rings. The molecule has 0 aromatic heterocycles. The third kappa shape index (κ3) is 3.67. The number of rotatable bonds is 2. The van der Waals surface area contributed by atoms with Gasteiger partial charge in [0.05, 0.1) is 13.2 Å². The minimum atomic E-state index is -0.0627. The van der Waals surface area contributed by atoms with Gasteiger partial charge in [0.25, 0.3) is 0 Å². The van der Waals surface area contributed by atoms with E-state index in [4.69, 9.17) is 16.3 Å². The lowest BCUT2D eigenvalue weighted by Gasteiger charge is -2.37. The minimum absolute atomic E-state index is 0.0627. The number of halogens is 1. The Hall–Kier alpha value is -1.60. The summed E-state index contributed by atoms with van der Waals surface area (Å²) >= 11 is 5.99. The maximum atomic E-state index is 12.6. The number of hydrogen-bond donors (Lipinski definition) is 3. The molecular formula is C18H23ClN4O2. The van der Waals surface area contributed by atoms with Crippen molar-refractivity contribution >= 4 is 23.3 Å². The Labute approximate surface area is 152 Å². The molecule has 4 rings (SSSR count). The van der Waals surface area contributed by atoms with Gasteiger partial charge in [-0.2, -0.15) is 0 Å². The molecule has 0 radical (unpaired) electrons. The van der Waals surface area contributed by atoms with Crippen LogP contribution in [0.2, 0.25) is 5.02 Å². The first-order valence-electron chi connectivity index (χ1n) is 8.80. The first-order valence-corrected chi connectivity index (χ1v) is 9.18. The number of hydrazine groups is 1. The molecule has 0 saturated carbocycles. The van der Waals surface area contributed by atoms with Crippen LogP contribution in [-0.2, 0) is 4.74 Å². The zero-order chi connectivity index (χ0) is 17.2. The van der Waals surface area contributed by atoms with E-state index in [2.05, 4.69) is 22.2 Å². The molecule has 2 amide bonds. The fraction of sp³-hybridized carbons (Fsp3) is 0.500. The quantitative estimate of drug-likeness (QED) is 0.707. The van der Waals surface area contributed by atoms with Crippen LogP contribution < -0.4 is 16.2 Å². The topological polar surface area (TPSA) is 65.6 Å². The second kappa shape index (κ2) is 7.33. The summed E-state index contributed by atoms with van der Waals surface area (Å²) in [7, 11) is 0. The highest BCUT2D eigenvalue weighted by Crippen LogP contribution is 2.30. The summed E-state index contributed by atoms with van der Waals surface area (Å²) in [4.78, 5) is 14.6. The van der Waals surface area contributed by atoms with Gasteiger partial charge < -0.3 is 15.0 Å². The van der Waals surface area contributed by atoms with Gasteiger partial charge in [0.2, 0.25) is 0 Å². The van der Waals surface area contributed by atoms with Crippen molar-refractivity contribution in [2.75, 3.05) is 31.6 Å². The maximum absolute atomic E-state index is 12.6. The zero-order valence-corrected chi connectivity index (χ0v) is 14.8. The smallest absolute Gasteiger partial charge is 0.321 e. The van der Waals surface area contributed by atoms with E-state index >= 15 is 0 Å². The number of fused-ring (bicyclic) bond motifs is 1. The van der Waals surface area contributed by atoms with Crippen molar-refractivity contribution in [3.63, 3.8) is 0 Å². The Kier molecular flexibility index (Phi) is 4.94. The van der Waals surface area contributed by atoms with Gasteiger partial charge in [0.15, 0.2) is 0 Å². The molecule has 0 aliphatic carbocycles. The summed E-state index contributed by atoms with van der Waals surface area (Å²) in [6.45, 7) is 2.95. The Morgan fingerprint density at radius 2 is 2.28 bits per heavy atom. The van der Waals surface area contributed by atoms with Crippen LogP contribution in [0.1, 0.15) is 12.8 Å². The maximum Gasteiger partial charge on any atom is 0.321 e. The van der Waals surface area contributed by atoms with Crippen LogP contribution in [0, 0.1) is 5.92 Å². The number of benzene rings is 1. The number of hydrogen-bond acceptors (Lipinski definition) is 4. The minimum Gasteiger partial charge on any atom is -0.377 e. The van der Waals surface area contributed by atoms with Gasteiger partial charge in [-0.25, -0.2) is 10.2 Å². The number of ether oxygens (including phenoxy) is 1. The van der Waals surface area contributed by atoms with Gasteiger partial charge >= 0.3 is 6.03 Å². The first-order chi connectivity index (χ1) is 12.2. The van der Waals surface area contributed by atoms with Crippen molar-refractivity contribution in [3.8, 4) is 0 Å². The lowest BCUT2D eigenvalue weighted by Crippen LogP contribution is -2.50. The van der Waals surface area contributed by atoms with E-state index < -0.39 is 0 Å². The van der Waals surface area contributed by atoms with E-state index in [-0.39, 0.29) is 12.1 Å². The lowest BCUT2D eigenvalue weighted by molar-refractivity contribution is 0.145. The van der Waals surface area contributed by atoms with E-state index in [0.717, 1.165) is 38.2 Å². The molecule has 1 aromatic carbocycles. The number of anilines is 1. The molecule has 3 N–H and O–H groups in total. The molecule has 6 nitrogen and oxygen atoms in total. The molecule has 25 heavy (non-hydrogen) atoms. The van der Waals surface area contributed by atoms with Gasteiger partial charge in [-0.05, 0) is 31.0 Å². The van der Waals surface area contributed by atoms with Crippen LogP contribution in [0.5, 0.6) is 0 Å². The van der Waals surface area contributed by atoms with Crippen molar-refractivity contribution in [1.82, 2.24) is 15.8 Å². The normalized spacial score (nSPS) is 29.1. The predicted octanol–water partition coefficient (Wildman–Crippen LogP) is 2.39. The van der Waals surface area contributed by atoms with Crippen LogP contribution in [-0.4, -0.2) is 49.3 Å². The average molecular weight is 363 g/mol. The van der Waals surface area contributed by atoms with Crippen LogP contribution in [0.4, 0.5) is 10.5 Å². The molecule has 1 aromatic rings. The van der Waals surface area contributed by atoms with E-state index in [9.17, 15) is 4.79 Å². The molecule has 3 atom stereocenters. The van der Waals surface area contributed by atoms with Crippen molar-refractivity contribution in [3.05, 3.63) is 40.9 Å². The van der Waals surface area contributed by atoms with Gasteiger partial charge in [0.1, 0.15) is 0 Å². The van der Waals surface area contributed by atoms with Crippen LogP contribution in [0.3, 0.4) is 0 Å². The number of carbonyl (C=O) groups excluding carboxylic acids is 1. The van der Waals surface area contributed by atoms with E-state index in [1.165, 1.54) is 5.57 Å². The fourth-order valence-electron chi connectivity index (χ4n) is 3.95. The Bertz CT molecular complexity index is 681. The van der Waals surface area contributed by atoms with Gasteiger partial charge in [0, 0.05) is 41.8 Å². The second-order valence-electron chi connectivity index (χ2n) is 6.82. The standard InChI is InChI=1S/C18H23ClN4O2/c19-13-2-1-3-14(10-13)20-18(24)23-7-4-16-15(11-23)17(22-21-16)12-5-8-25-9-6-12/h1-3,5,10,15-17,21-22H,4,6-9,11H2,(H,20,24). The first kappa shape index (κ1) is 16.8.